The van der Waals surface area contributed by atoms with E-state index in [2.05, 4.69) is 15.3 Å². The van der Waals surface area contributed by atoms with Gasteiger partial charge in [-0.25, -0.2) is 14.8 Å². The minimum absolute atomic E-state index is 0.131. The van der Waals surface area contributed by atoms with Gasteiger partial charge in [-0.05, 0) is 43.0 Å². The summed E-state index contributed by atoms with van der Waals surface area (Å²) < 4.78 is 5.36. The fourth-order valence-electron chi connectivity index (χ4n) is 2.55. The topological polar surface area (TPSA) is 84.3 Å². The largest absolute Gasteiger partial charge is 0.506 e. The molecule has 0 aliphatic carbocycles. The summed E-state index contributed by atoms with van der Waals surface area (Å²) in [5.74, 6) is 0.609. The van der Waals surface area contributed by atoms with E-state index in [0.29, 0.717) is 27.8 Å². The van der Waals surface area contributed by atoms with Crippen LogP contribution in [0.15, 0.2) is 24.5 Å². The van der Waals surface area contributed by atoms with Crippen molar-refractivity contribution < 1.29 is 14.6 Å². The van der Waals surface area contributed by atoms with Crippen LogP contribution >= 0.6 is 11.3 Å². The van der Waals surface area contributed by atoms with Crippen LogP contribution in [-0.4, -0.2) is 27.7 Å². The molecule has 0 amide bonds. The maximum Gasteiger partial charge on any atom is 0.348 e. The van der Waals surface area contributed by atoms with Gasteiger partial charge in [-0.15, -0.1) is 11.3 Å². The molecule has 3 rings (SSSR count). The Kier molecular flexibility index (Phi) is 5.08. The van der Waals surface area contributed by atoms with Gasteiger partial charge in [0.05, 0.1) is 17.7 Å². The summed E-state index contributed by atoms with van der Waals surface area (Å²) in [6.07, 6.45) is 1.44. The number of anilines is 2. The molecule has 2 aromatic heterocycles. The van der Waals surface area contributed by atoms with Crippen molar-refractivity contribution in [1.82, 2.24) is 9.97 Å². The normalized spacial score (nSPS) is 11.1. The summed E-state index contributed by atoms with van der Waals surface area (Å²) in [6, 6.07) is 5.29. The fourth-order valence-corrected chi connectivity index (χ4v) is 3.59. The number of aryl methyl sites for hydroxylation is 2. The quantitative estimate of drug-likeness (QED) is 0.505. The molecule has 26 heavy (non-hydrogen) atoms. The summed E-state index contributed by atoms with van der Waals surface area (Å²) in [7, 11) is 0. The first-order valence-corrected chi connectivity index (χ1v) is 9.16. The minimum atomic E-state index is -0.344. The molecule has 0 spiro atoms. The molecule has 0 atom stereocenters. The second-order valence-corrected chi connectivity index (χ2v) is 7.60. The summed E-state index contributed by atoms with van der Waals surface area (Å²) in [6.45, 7) is 8.16. The number of rotatable bonds is 5. The van der Waals surface area contributed by atoms with Gasteiger partial charge in [0.2, 0.25) is 0 Å². The molecule has 0 radical (unpaired) electrons. The van der Waals surface area contributed by atoms with Crippen molar-refractivity contribution in [2.24, 2.45) is 5.92 Å². The van der Waals surface area contributed by atoms with Gasteiger partial charge in [-0.1, -0.05) is 19.9 Å². The van der Waals surface area contributed by atoms with Crippen LogP contribution in [0.2, 0.25) is 0 Å². The van der Waals surface area contributed by atoms with E-state index in [9.17, 15) is 9.90 Å². The number of aromatic hydroxyl groups is 1. The first-order valence-electron chi connectivity index (χ1n) is 8.34. The number of esters is 1. The Morgan fingerprint density at radius 2 is 2.08 bits per heavy atom. The molecule has 2 N–H and O–H groups in total. The molecule has 6 nitrogen and oxygen atoms in total. The number of nitrogens with one attached hydrogen (secondary N) is 1. The van der Waals surface area contributed by atoms with Gasteiger partial charge < -0.3 is 15.2 Å². The Balaban J connectivity index is 2.00. The highest BCUT2D eigenvalue weighted by atomic mass is 32.1. The van der Waals surface area contributed by atoms with Crippen LogP contribution in [0, 0.1) is 19.8 Å². The predicted molar refractivity (Wildman–Crippen MR) is 103 cm³/mol. The molecule has 0 aliphatic heterocycles. The van der Waals surface area contributed by atoms with Gasteiger partial charge in [0.15, 0.2) is 0 Å². The number of hydrogen-bond donors (Lipinski definition) is 2. The third kappa shape index (κ3) is 3.62. The van der Waals surface area contributed by atoms with Gasteiger partial charge in [-0.2, -0.15) is 0 Å². The van der Waals surface area contributed by atoms with E-state index in [-0.39, 0.29) is 17.6 Å². The van der Waals surface area contributed by atoms with E-state index < -0.39 is 0 Å². The predicted octanol–water partition coefficient (Wildman–Crippen LogP) is 4.57. The lowest BCUT2D eigenvalue weighted by Crippen LogP contribution is -2.09. The number of phenols is 1. The zero-order valence-corrected chi connectivity index (χ0v) is 16.0. The van der Waals surface area contributed by atoms with Gasteiger partial charge in [0, 0.05) is 0 Å². The van der Waals surface area contributed by atoms with Crippen molar-refractivity contribution in [2.75, 3.05) is 11.9 Å². The van der Waals surface area contributed by atoms with Gasteiger partial charge in [0.1, 0.15) is 27.6 Å². The molecule has 136 valence electrons. The lowest BCUT2D eigenvalue weighted by Gasteiger charge is -2.10. The molecule has 0 aliphatic rings. The molecule has 0 bridgehead atoms. The number of hydrogen-bond acceptors (Lipinski definition) is 7. The molecule has 0 unspecified atom stereocenters. The van der Waals surface area contributed by atoms with Crippen LogP contribution in [0.5, 0.6) is 5.75 Å². The highest BCUT2D eigenvalue weighted by Crippen LogP contribution is 2.36. The first kappa shape index (κ1) is 18.1. The second-order valence-electron chi connectivity index (χ2n) is 6.60. The van der Waals surface area contributed by atoms with Crippen LogP contribution in [0.25, 0.3) is 10.2 Å². The minimum Gasteiger partial charge on any atom is -0.506 e. The highest BCUT2D eigenvalue weighted by Gasteiger charge is 2.21. The Bertz CT molecular complexity index is 966. The van der Waals surface area contributed by atoms with Crippen LogP contribution in [0.3, 0.4) is 0 Å². The van der Waals surface area contributed by atoms with E-state index in [0.717, 1.165) is 16.5 Å². The van der Waals surface area contributed by atoms with Crippen LogP contribution in [-0.2, 0) is 4.74 Å². The first-order chi connectivity index (χ1) is 12.4. The molecular weight excluding hydrogens is 350 g/mol. The second kappa shape index (κ2) is 7.29. The summed E-state index contributed by atoms with van der Waals surface area (Å²) in [4.78, 5) is 22.2. The summed E-state index contributed by atoms with van der Waals surface area (Å²) in [5.41, 5.74) is 2.34. The number of benzene rings is 1. The number of nitrogens with zero attached hydrogens (tertiary/aromatic N) is 2. The number of ether oxygens (including phenoxy) is 1. The monoisotopic (exact) mass is 371 g/mol. The van der Waals surface area contributed by atoms with Crippen molar-refractivity contribution in [3.63, 3.8) is 0 Å². The number of fused-ring (bicyclic) bond motifs is 1. The zero-order valence-electron chi connectivity index (χ0n) is 15.2. The number of thiophene rings is 1. The third-order valence-electron chi connectivity index (χ3n) is 3.87. The van der Waals surface area contributed by atoms with E-state index >= 15 is 0 Å². The highest BCUT2D eigenvalue weighted by molar-refractivity contribution is 7.20. The fraction of sp³-hybridized carbons (Fsp3) is 0.316. The molecule has 7 heteroatoms. The van der Waals surface area contributed by atoms with Gasteiger partial charge in [0.25, 0.3) is 0 Å². The maximum atomic E-state index is 12.4. The molecule has 1 aromatic carbocycles. The van der Waals surface area contributed by atoms with Crippen LogP contribution < -0.4 is 5.32 Å². The summed E-state index contributed by atoms with van der Waals surface area (Å²) in [5, 5.41) is 14.0. The summed E-state index contributed by atoms with van der Waals surface area (Å²) >= 11 is 1.29. The Morgan fingerprint density at radius 3 is 2.81 bits per heavy atom. The number of carbonyl (C=O) groups excluding carboxylic acids is 1. The van der Waals surface area contributed by atoms with Crippen molar-refractivity contribution in [2.45, 2.75) is 27.7 Å². The standard InChI is InChI=1S/C19H21N3O3S/c1-10(2)8-25-19(24)16-12(4)15-17(20-9-21-18(15)26-16)22-13-7-11(3)5-6-14(13)23/h5-7,9-10,23H,8H2,1-4H3,(H,20,21,22). The van der Waals surface area contributed by atoms with Crippen LogP contribution in [0.1, 0.15) is 34.6 Å². The third-order valence-corrected chi connectivity index (χ3v) is 5.04. The molecular formula is C19H21N3O3S. The number of carbonyl (C=O) groups is 1. The number of phenolic OH excluding ortho intramolecular Hbond substituents is 1. The van der Waals surface area contributed by atoms with Crippen molar-refractivity contribution in [3.05, 3.63) is 40.5 Å². The molecule has 0 saturated carbocycles. The Morgan fingerprint density at radius 1 is 1.31 bits per heavy atom. The Labute approximate surface area is 155 Å². The lowest BCUT2D eigenvalue weighted by molar-refractivity contribution is 0.0464. The van der Waals surface area contributed by atoms with E-state index in [1.54, 1.807) is 6.07 Å². The average Bonchev–Trinajstić information content (AvgIpc) is 2.94. The van der Waals surface area contributed by atoms with Crippen LogP contribution in [0.4, 0.5) is 11.5 Å². The maximum absolute atomic E-state index is 12.4. The van der Waals surface area contributed by atoms with E-state index in [1.165, 1.54) is 17.7 Å². The lowest BCUT2D eigenvalue weighted by atomic mass is 10.1. The van der Waals surface area contributed by atoms with Crippen molar-refractivity contribution in [1.29, 1.82) is 0 Å². The number of aromatic nitrogens is 2. The molecule has 0 saturated heterocycles. The molecule has 3 aromatic rings. The van der Waals surface area contributed by atoms with Gasteiger partial charge >= 0.3 is 5.97 Å². The molecule has 0 fully saturated rings. The smallest absolute Gasteiger partial charge is 0.348 e. The van der Waals surface area contributed by atoms with Gasteiger partial charge in [-0.3, -0.25) is 0 Å². The molecule has 2 heterocycles. The average molecular weight is 371 g/mol. The van der Waals surface area contributed by atoms with E-state index in [4.69, 9.17) is 4.74 Å². The van der Waals surface area contributed by atoms with E-state index in [1.807, 2.05) is 39.8 Å². The van der Waals surface area contributed by atoms with Crippen molar-refractivity contribution >= 4 is 39.0 Å². The zero-order chi connectivity index (χ0) is 18.8. The van der Waals surface area contributed by atoms with Crippen molar-refractivity contribution in [3.8, 4) is 5.75 Å². The SMILES string of the molecule is Cc1ccc(O)c(Nc2ncnc3sc(C(=O)OCC(C)C)c(C)c23)c1. The Hall–Kier alpha value is -2.67.